The van der Waals surface area contributed by atoms with Gasteiger partial charge in [0, 0.05) is 24.2 Å². The molecule has 192 valence electrons. The van der Waals surface area contributed by atoms with Gasteiger partial charge in [0.1, 0.15) is 12.4 Å². The molecule has 2 aliphatic rings. The molecule has 0 unspecified atom stereocenters. The van der Waals surface area contributed by atoms with Gasteiger partial charge in [0.15, 0.2) is 0 Å². The fourth-order valence-corrected chi connectivity index (χ4v) is 5.88. The van der Waals surface area contributed by atoms with Crippen LogP contribution in [-0.4, -0.2) is 23.7 Å². The van der Waals surface area contributed by atoms with Crippen LogP contribution in [0.4, 0.5) is 5.69 Å². The molecular formula is C34H34N2O2. The molecule has 0 saturated heterocycles. The van der Waals surface area contributed by atoms with E-state index < -0.39 is 6.10 Å². The first-order valence-electron chi connectivity index (χ1n) is 13.5. The number of aliphatic hydroxyl groups excluding tert-OH is 1. The molecule has 0 bridgehead atoms. The first-order chi connectivity index (χ1) is 18.7. The third-order valence-electron chi connectivity index (χ3n) is 7.75. The molecule has 0 spiro atoms. The standard InChI is InChI=1S/C34H34N2O2/c37-31(23-36-34(20-25-10-3-1-4-11-25)21-27-14-7-8-15-28(27)22-34)29-17-18-32(33-30(29)16-9-19-35-33)38-24-26-12-5-2-6-13-26/h1-18,31,35-37H,19-24H2/t31-/m0/s1. The number of ether oxygens (including phenoxy) is 1. The minimum atomic E-state index is -0.646. The average molecular weight is 503 g/mol. The molecule has 1 heterocycles. The van der Waals surface area contributed by atoms with Gasteiger partial charge in [-0.1, -0.05) is 103 Å². The summed E-state index contributed by atoms with van der Waals surface area (Å²) in [6, 6.07) is 33.6. The maximum atomic E-state index is 11.5. The van der Waals surface area contributed by atoms with Crippen LogP contribution in [0.2, 0.25) is 0 Å². The lowest BCUT2D eigenvalue weighted by Crippen LogP contribution is -2.49. The number of benzene rings is 4. The van der Waals surface area contributed by atoms with Crippen LogP contribution in [0.1, 0.15) is 39.5 Å². The van der Waals surface area contributed by atoms with E-state index in [0.717, 1.165) is 53.9 Å². The molecule has 4 aromatic carbocycles. The Kier molecular flexibility index (Phi) is 7.00. The Morgan fingerprint density at radius 1 is 0.816 bits per heavy atom. The number of aliphatic hydroxyl groups is 1. The Morgan fingerprint density at radius 2 is 1.47 bits per heavy atom. The van der Waals surface area contributed by atoms with Gasteiger partial charge in [-0.3, -0.25) is 0 Å². The van der Waals surface area contributed by atoms with E-state index in [1.807, 2.05) is 30.3 Å². The second-order valence-corrected chi connectivity index (χ2v) is 10.5. The maximum Gasteiger partial charge on any atom is 0.143 e. The summed E-state index contributed by atoms with van der Waals surface area (Å²) < 4.78 is 6.19. The normalized spacial score (nSPS) is 15.8. The molecule has 1 aliphatic heterocycles. The van der Waals surface area contributed by atoms with Crippen molar-refractivity contribution in [3.63, 3.8) is 0 Å². The third-order valence-corrected chi connectivity index (χ3v) is 7.75. The first-order valence-corrected chi connectivity index (χ1v) is 13.5. The van der Waals surface area contributed by atoms with Gasteiger partial charge in [-0.25, -0.2) is 0 Å². The highest BCUT2D eigenvalue weighted by Crippen LogP contribution is 2.38. The predicted octanol–water partition coefficient (Wildman–Crippen LogP) is 6.11. The van der Waals surface area contributed by atoms with Gasteiger partial charge in [0.2, 0.25) is 0 Å². The summed E-state index contributed by atoms with van der Waals surface area (Å²) in [5, 5.41) is 18.8. The maximum absolute atomic E-state index is 11.5. The van der Waals surface area contributed by atoms with Crippen molar-refractivity contribution >= 4 is 11.8 Å². The molecule has 4 aromatic rings. The fraction of sp³-hybridized carbons (Fsp3) is 0.235. The van der Waals surface area contributed by atoms with Crippen molar-refractivity contribution in [3.8, 4) is 5.75 Å². The van der Waals surface area contributed by atoms with E-state index in [1.165, 1.54) is 16.7 Å². The average Bonchev–Trinajstić information content (AvgIpc) is 3.34. The van der Waals surface area contributed by atoms with E-state index >= 15 is 0 Å². The quantitative estimate of drug-likeness (QED) is 0.259. The summed E-state index contributed by atoms with van der Waals surface area (Å²) in [6.45, 7) is 1.72. The molecule has 0 amide bonds. The van der Waals surface area contributed by atoms with Gasteiger partial charge in [-0.2, -0.15) is 0 Å². The minimum absolute atomic E-state index is 0.126. The highest BCUT2D eigenvalue weighted by atomic mass is 16.5. The zero-order valence-electron chi connectivity index (χ0n) is 21.6. The largest absolute Gasteiger partial charge is 0.487 e. The van der Waals surface area contributed by atoms with Gasteiger partial charge in [0.25, 0.3) is 0 Å². The van der Waals surface area contributed by atoms with Crippen LogP contribution in [-0.2, 0) is 25.9 Å². The van der Waals surface area contributed by atoms with Gasteiger partial charge < -0.3 is 20.5 Å². The lowest BCUT2D eigenvalue weighted by atomic mass is 9.87. The second-order valence-electron chi connectivity index (χ2n) is 10.5. The Balaban J connectivity index is 1.21. The number of fused-ring (bicyclic) bond motifs is 2. The first kappa shape index (κ1) is 24.5. The molecule has 0 fully saturated rings. The molecule has 0 saturated carbocycles. The van der Waals surface area contributed by atoms with Crippen molar-refractivity contribution < 1.29 is 9.84 Å². The van der Waals surface area contributed by atoms with Crippen molar-refractivity contribution in [1.29, 1.82) is 0 Å². The van der Waals surface area contributed by atoms with Crippen LogP contribution >= 0.6 is 0 Å². The smallest absolute Gasteiger partial charge is 0.143 e. The van der Waals surface area contributed by atoms with Crippen LogP contribution in [0, 0.1) is 0 Å². The number of hydrogen-bond acceptors (Lipinski definition) is 4. The van der Waals surface area contributed by atoms with E-state index in [4.69, 9.17) is 4.74 Å². The van der Waals surface area contributed by atoms with Crippen LogP contribution in [0.5, 0.6) is 5.75 Å². The Bertz CT molecular complexity index is 1390. The van der Waals surface area contributed by atoms with E-state index in [1.54, 1.807) is 0 Å². The number of nitrogens with one attached hydrogen (secondary N) is 2. The molecule has 0 aromatic heterocycles. The second kappa shape index (κ2) is 10.9. The molecule has 6 rings (SSSR count). The van der Waals surface area contributed by atoms with Crippen molar-refractivity contribution in [1.82, 2.24) is 5.32 Å². The zero-order valence-corrected chi connectivity index (χ0v) is 21.6. The lowest BCUT2D eigenvalue weighted by molar-refractivity contribution is 0.155. The van der Waals surface area contributed by atoms with E-state index in [0.29, 0.717) is 13.2 Å². The minimum Gasteiger partial charge on any atom is -0.487 e. The highest BCUT2D eigenvalue weighted by Gasteiger charge is 2.37. The summed E-state index contributed by atoms with van der Waals surface area (Å²) in [4.78, 5) is 0. The van der Waals surface area contributed by atoms with Gasteiger partial charge in [-0.15, -0.1) is 0 Å². The van der Waals surface area contributed by atoms with E-state index in [-0.39, 0.29) is 5.54 Å². The SMILES string of the molecule is O[C@@H](CNC1(Cc2ccccc2)Cc2ccccc2C1)c1ccc(OCc2ccccc2)c2c1C=CCN2. The molecule has 4 heteroatoms. The van der Waals surface area contributed by atoms with Crippen molar-refractivity contribution in [2.45, 2.75) is 37.5 Å². The summed E-state index contributed by atoms with van der Waals surface area (Å²) in [7, 11) is 0. The van der Waals surface area contributed by atoms with Crippen molar-refractivity contribution in [2.75, 3.05) is 18.4 Å². The van der Waals surface area contributed by atoms with E-state index in [2.05, 4.69) is 89.5 Å². The van der Waals surface area contributed by atoms with Gasteiger partial charge in [-0.05, 0) is 53.1 Å². The number of hydrogen-bond donors (Lipinski definition) is 3. The Labute approximate surface area is 225 Å². The van der Waals surface area contributed by atoms with Crippen LogP contribution in [0.3, 0.4) is 0 Å². The van der Waals surface area contributed by atoms with Gasteiger partial charge in [0.05, 0.1) is 11.8 Å². The van der Waals surface area contributed by atoms with Crippen molar-refractivity contribution in [2.24, 2.45) is 0 Å². The van der Waals surface area contributed by atoms with Crippen LogP contribution < -0.4 is 15.4 Å². The fourth-order valence-electron chi connectivity index (χ4n) is 5.88. The lowest BCUT2D eigenvalue weighted by Gasteiger charge is -2.33. The zero-order chi connectivity index (χ0) is 25.8. The number of rotatable bonds is 9. The molecule has 1 aliphatic carbocycles. The Hall–Kier alpha value is -3.86. The summed E-state index contributed by atoms with van der Waals surface area (Å²) >= 11 is 0. The number of β-amino-alcohol motifs (C(OH)–C–C–N with tert-alkyl or cyclic N) is 1. The summed E-state index contributed by atoms with van der Waals surface area (Å²) in [6.07, 6.45) is 6.38. The number of anilines is 1. The molecule has 38 heavy (non-hydrogen) atoms. The summed E-state index contributed by atoms with van der Waals surface area (Å²) in [5.74, 6) is 0.809. The third kappa shape index (κ3) is 5.24. The molecule has 4 nitrogen and oxygen atoms in total. The Morgan fingerprint density at radius 3 is 2.18 bits per heavy atom. The highest BCUT2D eigenvalue weighted by molar-refractivity contribution is 5.78. The van der Waals surface area contributed by atoms with Crippen LogP contribution in [0.25, 0.3) is 6.08 Å². The monoisotopic (exact) mass is 502 g/mol. The molecule has 1 atom stereocenters. The molecular weight excluding hydrogens is 468 g/mol. The van der Waals surface area contributed by atoms with Crippen molar-refractivity contribution in [3.05, 3.63) is 137 Å². The topological polar surface area (TPSA) is 53.5 Å². The molecule has 3 N–H and O–H groups in total. The molecule has 0 radical (unpaired) electrons. The van der Waals surface area contributed by atoms with Gasteiger partial charge >= 0.3 is 0 Å². The van der Waals surface area contributed by atoms with Crippen LogP contribution in [0.15, 0.2) is 103 Å². The summed E-state index contributed by atoms with van der Waals surface area (Å²) in [5.41, 5.74) is 7.97. The predicted molar refractivity (Wildman–Crippen MR) is 154 cm³/mol. The van der Waals surface area contributed by atoms with E-state index in [9.17, 15) is 5.11 Å².